The first-order chi connectivity index (χ1) is 10.3. The minimum Gasteiger partial charge on any atom is -0.316 e. The fourth-order valence-corrected chi connectivity index (χ4v) is 4.74. The Bertz CT molecular complexity index is 419. The molecule has 1 aromatic carbocycles. The molecule has 1 N–H and O–H groups in total. The van der Waals surface area contributed by atoms with Crippen molar-refractivity contribution in [3.05, 3.63) is 35.9 Å². The van der Waals surface area contributed by atoms with Gasteiger partial charge in [-0.05, 0) is 55.5 Å². The van der Waals surface area contributed by atoms with Gasteiger partial charge in [-0.2, -0.15) is 0 Å². The van der Waals surface area contributed by atoms with Gasteiger partial charge in [0.15, 0.2) is 0 Å². The first kappa shape index (κ1) is 15.1. The molecule has 0 heterocycles. The van der Waals surface area contributed by atoms with E-state index in [2.05, 4.69) is 49.6 Å². The summed E-state index contributed by atoms with van der Waals surface area (Å²) in [5.41, 5.74) is 1.56. The van der Waals surface area contributed by atoms with E-state index in [-0.39, 0.29) is 0 Å². The maximum absolute atomic E-state index is 3.68. The minimum absolute atomic E-state index is 0.748. The molecule has 0 spiro atoms. The lowest BCUT2D eigenvalue weighted by Gasteiger charge is -2.34. The molecule has 21 heavy (non-hydrogen) atoms. The monoisotopic (exact) mass is 285 g/mol. The van der Waals surface area contributed by atoms with Crippen LogP contribution in [-0.2, 0) is 0 Å². The van der Waals surface area contributed by atoms with Gasteiger partial charge >= 0.3 is 0 Å². The first-order valence-electron chi connectivity index (χ1n) is 9.05. The van der Waals surface area contributed by atoms with Crippen LogP contribution in [-0.4, -0.2) is 13.1 Å². The normalized spacial score (nSPS) is 33.6. The summed E-state index contributed by atoms with van der Waals surface area (Å²) in [6, 6.07) is 11.9. The van der Waals surface area contributed by atoms with Crippen LogP contribution in [0.1, 0.15) is 63.4 Å². The van der Waals surface area contributed by atoms with E-state index in [0.29, 0.717) is 0 Å². The van der Waals surface area contributed by atoms with Crippen molar-refractivity contribution in [3.8, 4) is 0 Å². The molecule has 1 nitrogen and oxygen atoms in total. The lowest BCUT2D eigenvalue weighted by atomic mass is 9.75. The smallest absolute Gasteiger partial charge is 0.0127 e. The molecule has 0 radical (unpaired) electrons. The van der Waals surface area contributed by atoms with Gasteiger partial charge in [-0.3, -0.25) is 0 Å². The van der Waals surface area contributed by atoms with Gasteiger partial charge in [-0.25, -0.2) is 0 Å². The van der Waals surface area contributed by atoms with Crippen molar-refractivity contribution < 1.29 is 0 Å². The second kappa shape index (κ2) is 6.96. The third-order valence-corrected chi connectivity index (χ3v) is 5.96. The lowest BCUT2D eigenvalue weighted by molar-refractivity contribution is 0.204. The Labute approximate surface area is 130 Å². The molecule has 3 rings (SSSR count). The summed E-state index contributed by atoms with van der Waals surface area (Å²) in [6.45, 7) is 2.33. The van der Waals surface area contributed by atoms with Crippen LogP contribution in [0.4, 0.5) is 0 Å². The molecule has 0 aromatic heterocycles. The predicted molar refractivity (Wildman–Crippen MR) is 90.5 cm³/mol. The van der Waals surface area contributed by atoms with Gasteiger partial charge in [0.1, 0.15) is 0 Å². The Morgan fingerprint density at radius 1 is 1.10 bits per heavy atom. The Morgan fingerprint density at radius 3 is 2.43 bits per heavy atom. The van der Waals surface area contributed by atoms with E-state index in [1.165, 1.54) is 44.9 Å². The number of rotatable bonds is 6. The van der Waals surface area contributed by atoms with Gasteiger partial charge in [0.2, 0.25) is 0 Å². The summed E-state index contributed by atoms with van der Waals surface area (Å²) < 4.78 is 0. The van der Waals surface area contributed by atoms with E-state index in [9.17, 15) is 0 Å². The van der Waals surface area contributed by atoms with E-state index in [0.717, 1.165) is 29.7 Å². The Kier molecular flexibility index (Phi) is 5.00. The van der Waals surface area contributed by atoms with E-state index >= 15 is 0 Å². The van der Waals surface area contributed by atoms with Crippen molar-refractivity contribution >= 4 is 0 Å². The first-order valence-corrected chi connectivity index (χ1v) is 9.05. The van der Waals surface area contributed by atoms with Gasteiger partial charge in [0.25, 0.3) is 0 Å². The molecule has 0 amide bonds. The molecular formula is C20H31N. The fourth-order valence-electron chi connectivity index (χ4n) is 4.74. The van der Waals surface area contributed by atoms with Crippen molar-refractivity contribution in [1.29, 1.82) is 0 Å². The Morgan fingerprint density at radius 2 is 1.81 bits per heavy atom. The van der Waals surface area contributed by atoms with Crippen LogP contribution < -0.4 is 5.32 Å². The second-order valence-electron chi connectivity index (χ2n) is 7.30. The molecule has 0 saturated heterocycles. The number of hydrogen-bond acceptors (Lipinski definition) is 1. The van der Waals surface area contributed by atoms with E-state index in [1.807, 2.05) is 0 Å². The van der Waals surface area contributed by atoms with E-state index in [1.54, 1.807) is 5.56 Å². The fraction of sp³-hybridized carbons (Fsp3) is 0.700. The van der Waals surface area contributed by atoms with Crippen LogP contribution in [0.15, 0.2) is 30.3 Å². The highest BCUT2D eigenvalue weighted by molar-refractivity contribution is 5.26. The molecule has 2 saturated carbocycles. The molecule has 3 unspecified atom stereocenters. The Hall–Kier alpha value is -0.820. The summed E-state index contributed by atoms with van der Waals surface area (Å²) in [6.07, 6.45) is 10.1. The summed E-state index contributed by atoms with van der Waals surface area (Å²) >= 11 is 0. The van der Waals surface area contributed by atoms with Crippen molar-refractivity contribution in [3.63, 3.8) is 0 Å². The predicted octanol–water partition coefficient (Wildman–Crippen LogP) is 4.98. The zero-order valence-electron chi connectivity index (χ0n) is 13.7. The van der Waals surface area contributed by atoms with Gasteiger partial charge in [-0.1, -0.05) is 62.9 Å². The van der Waals surface area contributed by atoms with Gasteiger partial charge in [-0.15, -0.1) is 0 Å². The van der Waals surface area contributed by atoms with Crippen LogP contribution in [0.5, 0.6) is 0 Å². The van der Waals surface area contributed by atoms with Gasteiger partial charge in [0, 0.05) is 6.04 Å². The molecule has 0 aliphatic heterocycles. The maximum Gasteiger partial charge on any atom is 0.0127 e. The van der Waals surface area contributed by atoms with Crippen LogP contribution in [0.3, 0.4) is 0 Å². The zero-order valence-corrected chi connectivity index (χ0v) is 13.7. The highest BCUT2D eigenvalue weighted by Gasteiger charge is 2.46. The van der Waals surface area contributed by atoms with Crippen molar-refractivity contribution in [1.82, 2.24) is 5.32 Å². The summed E-state index contributed by atoms with van der Waals surface area (Å²) in [7, 11) is 2.18. The molecular weight excluding hydrogens is 254 g/mol. The Balaban J connectivity index is 1.55. The number of benzene rings is 1. The van der Waals surface area contributed by atoms with Crippen LogP contribution in [0.2, 0.25) is 0 Å². The minimum atomic E-state index is 0.748. The molecule has 2 aliphatic carbocycles. The molecule has 2 fully saturated rings. The van der Waals surface area contributed by atoms with E-state index < -0.39 is 0 Å². The molecule has 0 bridgehead atoms. The largest absolute Gasteiger partial charge is 0.316 e. The van der Waals surface area contributed by atoms with Gasteiger partial charge in [0.05, 0.1) is 0 Å². The number of hydrogen-bond donors (Lipinski definition) is 1. The van der Waals surface area contributed by atoms with Crippen molar-refractivity contribution in [2.45, 2.75) is 63.8 Å². The van der Waals surface area contributed by atoms with Crippen LogP contribution in [0.25, 0.3) is 0 Å². The zero-order chi connectivity index (χ0) is 14.7. The van der Waals surface area contributed by atoms with Crippen molar-refractivity contribution in [2.75, 3.05) is 7.05 Å². The van der Waals surface area contributed by atoms with Crippen LogP contribution in [0, 0.1) is 17.8 Å². The van der Waals surface area contributed by atoms with Crippen molar-refractivity contribution in [2.24, 2.45) is 17.8 Å². The van der Waals surface area contributed by atoms with Gasteiger partial charge < -0.3 is 5.32 Å². The lowest BCUT2D eigenvalue weighted by Crippen LogP contribution is -2.38. The molecule has 3 atom stereocenters. The topological polar surface area (TPSA) is 12.0 Å². The quantitative estimate of drug-likeness (QED) is 0.777. The average Bonchev–Trinajstić information content (AvgIpc) is 3.31. The highest BCUT2D eigenvalue weighted by atomic mass is 14.9. The average molecular weight is 285 g/mol. The maximum atomic E-state index is 3.68. The standard InChI is InChI=1S/C20H31N/c1-3-7-15-10-12-17(13-11-15)20(21-2)19-14-18(19)16-8-5-4-6-9-16/h4-6,8-9,15,17-21H,3,7,10-14H2,1-2H3. The summed E-state index contributed by atoms with van der Waals surface area (Å²) in [5.74, 6) is 3.64. The van der Waals surface area contributed by atoms with E-state index in [4.69, 9.17) is 0 Å². The summed E-state index contributed by atoms with van der Waals surface area (Å²) in [4.78, 5) is 0. The molecule has 116 valence electrons. The molecule has 1 heteroatoms. The highest BCUT2D eigenvalue weighted by Crippen LogP contribution is 2.52. The number of nitrogens with one attached hydrogen (secondary N) is 1. The molecule has 2 aliphatic rings. The molecule has 1 aromatic rings. The second-order valence-corrected chi connectivity index (χ2v) is 7.30. The van der Waals surface area contributed by atoms with Crippen LogP contribution >= 0.6 is 0 Å². The third-order valence-electron chi connectivity index (χ3n) is 5.96. The summed E-state index contributed by atoms with van der Waals surface area (Å²) in [5, 5.41) is 3.68. The SMILES string of the molecule is CCCC1CCC(C(NC)C2CC2c2ccccc2)CC1. The third kappa shape index (κ3) is 3.51.